The Morgan fingerprint density at radius 3 is 2.59 bits per heavy atom. The first kappa shape index (κ1) is 19.5. The summed E-state index contributed by atoms with van der Waals surface area (Å²) in [5, 5.41) is 14.0. The molecule has 1 aromatic heterocycles. The van der Waals surface area contributed by atoms with Gasteiger partial charge in [-0.3, -0.25) is 0 Å². The molecule has 0 amide bonds. The van der Waals surface area contributed by atoms with Gasteiger partial charge in [-0.15, -0.1) is 10.2 Å². The first-order chi connectivity index (χ1) is 13.1. The van der Waals surface area contributed by atoms with E-state index in [4.69, 9.17) is 16.3 Å². The van der Waals surface area contributed by atoms with Crippen molar-refractivity contribution in [1.82, 2.24) is 14.9 Å². The Labute approximate surface area is 168 Å². The number of benzene rings is 2. The summed E-state index contributed by atoms with van der Waals surface area (Å²) in [6, 6.07) is 15.6. The van der Waals surface area contributed by atoms with Gasteiger partial charge in [-0.25, -0.2) is 0 Å². The van der Waals surface area contributed by atoms with Crippen molar-refractivity contribution in [1.29, 1.82) is 0 Å². The number of hydrogen-bond acceptors (Lipinski definition) is 5. The van der Waals surface area contributed by atoms with Crippen molar-refractivity contribution in [2.24, 2.45) is 11.0 Å². The van der Waals surface area contributed by atoms with Crippen LogP contribution in [-0.2, 0) is 5.75 Å². The van der Waals surface area contributed by atoms with Crippen molar-refractivity contribution in [3.05, 3.63) is 71.0 Å². The number of halogens is 1. The molecule has 3 rings (SSSR count). The molecule has 0 aliphatic rings. The highest BCUT2D eigenvalue weighted by Gasteiger charge is 2.05. The Kier molecular flexibility index (Phi) is 6.90. The lowest BCUT2D eigenvalue weighted by molar-refractivity contribution is 0.271. The largest absolute Gasteiger partial charge is 0.493 e. The van der Waals surface area contributed by atoms with Gasteiger partial charge in [-0.1, -0.05) is 49.3 Å². The number of ether oxygens (including phenoxy) is 1. The molecule has 0 radical (unpaired) electrons. The maximum atomic E-state index is 5.92. The first-order valence-electron chi connectivity index (χ1n) is 8.64. The molecular formula is C20H21ClN4OS. The van der Waals surface area contributed by atoms with Crippen LogP contribution in [0.15, 0.2) is 65.1 Å². The summed E-state index contributed by atoms with van der Waals surface area (Å²) in [7, 11) is 0. The third kappa shape index (κ3) is 6.12. The number of nitrogens with zero attached hydrogens (tertiary/aromatic N) is 4. The number of aromatic nitrogens is 3. The lowest BCUT2D eigenvalue weighted by Gasteiger charge is -2.08. The molecule has 2 aromatic carbocycles. The van der Waals surface area contributed by atoms with E-state index in [0.29, 0.717) is 12.5 Å². The van der Waals surface area contributed by atoms with Crippen LogP contribution in [0.2, 0.25) is 5.02 Å². The average Bonchev–Trinajstić information content (AvgIpc) is 3.12. The number of hydrogen-bond donors (Lipinski definition) is 0. The topological polar surface area (TPSA) is 52.3 Å². The molecular weight excluding hydrogens is 380 g/mol. The van der Waals surface area contributed by atoms with Gasteiger partial charge in [0, 0.05) is 10.8 Å². The number of thioether (sulfide) groups is 1. The van der Waals surface area contributed by atoms with Crippen molar-refractivity contribution >= 4 is 29.6 Å². The standard InChI is InChI=1S/C20H21ClN4OS/c1-15(2)12-26-19-9-5-16(6-10-19)11-23-25-14-22-24-20(25)27-13-17-3-7-18(21)8-4-17/h3-11,14-15H,12-13H2,1-2H3/b23-11-. The van der Waals surface area contributed by atoms with Crippen LogP contribution in [0.4, 0.5) is 0 Å². The smallest absolute Gasteiger partial charge is 0.212 e. The Balaban J connectivity index is 1.59. The summed E-state index contributed by atoms with van der Waals surface area (Å²) >= 11 is 7.49. The summed E-state index contributed by atoms with van der Waals surface area (Å²) < 4.78 is 7.36. The molecule has 0 aliphatic carbocycles. The van der Waals surface area contributed by atoms with Crippen LogP contribution in [0.25, 0.3) is 0 Å². The monoisotopic (exact) mass is 400 g/mol. The molecule has 0 saturated heterocycles. The molecule has 27 heavy (non-hydrogen) atoms. The summed E-state index contributed by atoms with van der Waals surface area (Å²) in [5.74, 6) is 2.14. The molecule has 0 fully saturated rings. The summed E-state index contributed by atoms with van der Waals surface area (Å²) in [6.07, 6.45) is 3.38. The molecule has 1 heterocycles. The van der Waals surface area contributed by atoms with Gasteiger partial charge in [0.15, 0.2) is 0 Å². The van der Waals surface area contributed by atoms with Crippen LogP contribution in [0.5, 0.6) is 5.75 Å². The van der Waals surface area contributed by atoms with Crippen molar-refractivity contribution in [2.75, 3.05) is 6.61 Å². The van der Waals surface area contributed by atoms with Gasteiger partial charge in [-0.2, -0.15) is 9.78 Å². The van der Waals surface area contributed by atoms with Crippen LogP contribution >= 0.6 is 23.4 Å². The molecule has 0 saturated carbocycles. The predicted octanol–water partition coefficient (Wildman–Crippen LogP) is 5.14. The molecule has 140 valence electrons. The molecule has 0 bridgehead atoms. The summed E-state index contributed by atoms with van der Waals surface area (Å²) in [4.78, 5) is 0. The number of rotatable bonds is 8. The predicted molar refractivity (Wildman–Crippen MR) is 111 cm³/mol. The molecule has 0 aliphatic heterocycles. The van der Waals surface area contributed by atoms with E-state index >= 15 is 0 Å². The van der Waals surface area contributed by atoms with Crippen LogP contribution in [0.3, 0.4) is 0 Å². The second kappa shape index (κ2) is 9.58. The van der Waals surface area contributed by atoms with Gasteiger partial charge in [0.1, 0.15) is 12.1 Å². The zero-order valence-electron chi connectivity index (χ0n) is 15.2. The van der Waals surface area contributed by atoms with Gasteiger partial charge < -0.3 is 4.74 Å². The van der Waals surface area contributed by atoms with E-state index in [-0.39, 0.29) is 0 Å². The van der Waals surface area contributed by atoms with Crippen molar-refractivity contribution in [3.63, 3.8) is 0 Å². The maximum Gasteiger partial charge on any atom is 0.212 e. The minimum atomic E-state index is 0.503. The Morgan fingerprint density at radius 2 is 1.89 bits per heavy atom. The van der Waals surface area contributed by atoms with E-state index in [1.54, 1.807) is 29.0 Å². The normalized spacial score (nSPS) is 11.4. The highest BCUT2D eigenvalue weighted by molar-refractivity contribution is 7.98. The average molecular weight is 401 g/mol. The summed E-state index contributed by atoms with van der Waals surface area (Å²) in [5.41, 5.74) is 2.15. The van der Waals surface area contributed by atoms with Crippen LogP contribution in [0.1, 0.15) is 25.0 Å². The Morgan fingerprint density at radius 1 is 1.15 bits per heavy atom. The SMILES string of the molecule is CC(C)COc1ccc(/C=N\n2cnnc2SCc2ccc(Cl)cc2)cc1. The van der Waals surface area contributed by atoms with E-state index in [9.17, 15) is 0 Å². The van der Waals surface area contributed by atoms with Crippen LogP contribution < -0.4 is 4.74 Å². The van der Waals surface area contributed by atoms with E-state index in [1.165, 1.54) is 5.56 Å². The van der Waals surface area contributed by atoms with Gasteiger partial charge in [0.05, 0.1) is 12.8 Å². The molecule has 3 aromatic rings. The molecule has 7 heteroatoms. The summed E-state index contributed by atoms with van der Waals surface area (Å²) in [6.45, 7) is 4.97. The van der Waals surface area contributed by atoms with Gasteiger partial charge >= 0.3 is 0 Å². The van der Waals surface area contributed by atoms with Gasteiger partial charge in [0.2, 0.25) is 5.16 Å². The highest BCUT2D eigenvalue weighted by atomic mass is 35.5. The van der Waals surface area contributed by atoms with E-state index in [2.05, 4.69) is 29.1 Å². The fraction of sp³-hybridized carbons (Fsp3) is 0.250. The third-order valence-electron chi connectivity index (χ3n) is 3.58. The highest BCUT2D eigenvalue weighted by Crippen LogP contribution is 2.21. The molecule has 0 N–H and O–H groups in total. The first-order valence-corrected chi connectivity index (χ1v) is 10.0. The zero-order chi connectivity index (χ0) is 19.1. The fourth-order valence-electron chi connectivity index (χ4n) is 2.16. The maximum absolute atomic E-state index is 5.92. The third-order valence-corrected chi connectivity index (χ3v) is 4.83. The Hall–Kier alpha value is -2.31. The Bertz CT molecular complexity index is 876. The van der Waals surface area contributed by atoms with Gasteiger partial charge in [-0.05, 0) is 53.4 Å². The fourth-order valence-corrected chi connectivity index (χ4v) is 3.11. The second-order valence-electron chi connectivity index (χ2n) is 6.39. The van der Waals surface area contributed by atoms with E-state index in [0.717, 1.165) is 27.2 Å². The minimum absolute atomic E-state index is 0.503. The van der Waals surface area contributed by atoms with E-state index < -0.39 is 0 Å². The van der Waals surface area contributed by atoms with Crippen molar-refractivity contribution in [3.8, 4) is 5.75 Å². The molecule has 0 unspecified atom stereocenters. The van der Waals surface area contributed by atoms with Gasteiger partial charge in [0.25, 0.3) is 0 Å². The van der Waals surface area contributed by atoms with Crippen LogP contribution in [-0.4, -0.2) is 27.7 Å². The minimum Gasteiger partial charge on any atom is -0.493 e. The quantitative estimate of drug-likeness (QED) is 0.388. The zero-order valence-corrected chi connectivity index (χ0v) is 16.8. The lowest BCUT2D eigenvalue weighted by Crippen LogP contribution is -2.04. The molecule has 0 spiro atoms. The van der Waals surface area contributed by atoms with E-state index in [1.807, 2.05) is 48.5 Å². The van der Waals surface area contributed by atoms with Crippen molar-refractivity contribution in [2.45, 2.75) is 24.8 Å². The molecule has 5 nitrogen and oxygen atoms in total. The molecule has 0 atom stereocenters. The lowest BCUT2D eigenvalue weighted by atomic mass is 10.2. The van der Waals surface area contributed by atoms with Crippen LogP contribution in [0, 0.1) is 5.92 Å². The van der Waals surface area contributed by atoms with Crippen molar-refractivity contribution < 1.29 is 4.74 Å². The second-order valence-corrected chi connectivity index (χ2v) is 7.77.